The second kappa shape index (κ2) is 3.61. The number of hydrogen-bond donors (Lipinski definition) is 1. The van der Waals surface area contributed by atoms with Crippen LogP contribution in [0.1, 0.15) is 39.5 Å². The number of rotatable bonds is 4. The molecule has 2 saturated carbocycles. The minimum atomic E-state index is 0.790. The summed E-state index contributed by atoms with van der Waals surface area (Å²) < 4.78 is 0. The van der Waals surface area contributed by atoms with Crippen molar-refractivity contribution in [3.63, 3.8) is 0 Å². The molecule has 0 aliphatic heterocycles. The molecule has 13 heavy (non-hydrogen) atoms. The molecule has 0 aromatic heterocycles. The van der Waals surface area contributed by atoms with Crippen molar-refractivity contribution in [1.82, 2.24) is 5.32 Å². The maximum absolute atomic E-state index is 3.54. The summed E-state index contributed by atoms with van der Waals surface area (Å²) in [6, 6.07) is 0.790. The molecule has 2 rings (SSSR count). The van der Waals surface area contributed by atoms with E-state index in [1.807, 2.05) is 0 Å². The SMILES string of the molecule is CCC(C)C(NC)C1CC2CC2C1. The first-order valence-electron chi connectivity index (χ1n) is 5.93. The third-order valence-electron chi connectivity index (χ3n) is 4.38. The molecule has 2 fully saturated rings. The van der Waals surface area contributed by atoms with Gasteiger partial charge in [-0.1, -0.05) is 20.3 Å². The largest absolute Gasteiger partial charge is 0.316 e. The quantitative estimate of drug-likeness (QED) is 0.703. The topological polar surface area (TPSA) is 12.0 Å². The molecule has 1 heteroatoms. The first-order chi connectivity index (χ1) is 6.26. The van der Waals surface area contributed by atoms with Crippen LogP contribution in [0.3, 0.4) is 0 Å². The number of nitrogens with one attached hydrogen (secondary N) is 1. The Morgan fingerprint density at radius 2 is 1.85 bits per heavy atom. The van der Waals surface area contributed by atoms with Crippen LogP contribution < -0.4 is 5.32 Å². The summed E-state index contributed by atoms with van der Waals surface area (Å²) in [6.07, 6.45) is 5.89. The minimum absolute atomic E-state index is 0.790. The summed E-state index contributed by atoms with van der Waals surface area (Å²) in [5, 5.41) is 3.54. The second-order valence-electron chi connectivity index (χ2n) is 5.19. The van der Waals surface area contributed by atoms with Gasteiger partial charge in [-0.3, -0.25) is 0 Å². The lowest BCUT2D eigenvalue weighted by Gasteiger charge is -2.29. The summed E-state index contributed by atoms with van der Waals surface area (Å²) in [6.45, 7) is 4.70. The van der Waals surface area contributed by atoms with Crippen LogP contribution >= 0.6 is 0 Å². The zero-order chi connectivity index (χ0) is 9.42. The summed E-state index contributed by atoms with van der Waals surface area (Å²) in [7, 11) is 2.14. The van der Waals surface area contributed by atoms with Crippen LogP contribution in [0.2, 0.25) is 0 Å². The van der Waals surface area contributed by atoms with Crippen molar-refractivity contribution >= 4 is 0 Å². The van der Waals surface area contributed by atoms with Crippen molar-refractivity contribution in [2.45, 2.75) is 45.6 Å². The molecule has 0 bridgehead atoms. The fourth-order valence-corrected chi connectivity index (χ4v) is 3.29. The van der Waals surface area contributed by atoms with Crippen molar-refractivity contribution in [1.29, 1.82) is 0 Å². The molecule has 0 radical (unpaired) electrons. The van der Waals surface area contributed by atoms with Gasteiger partial charge in [-0.15, -0.1) is 0 Å². The van der Waals surface area contributed by atoms with Gasteiger partial charge in [0.1, 0.15) is 0 Å². The highest BCUT2D eigenvalue weighted by Gasteiger charge is 2.48. The molecule has 76 valence electrons. The lowest BCUT2D eigenvalue weighted by atomic mass is 9.85. The minimum Gasteiger partial charge on any atom is -0.316 e. The monoisotopic (exact) mass is 181 g/mol. The first-order valence-corrected chi connectivity index (χ1v) is 5.93. The molecule has 0 saturated heterocycles. The Kier molecular flexibility index (Phi) is 2.64. The van der Waals surface area contributed by atoms with Gasteiger partial charge in [0, 0.05) is 6.04 Å². The van der Waals surface area contributed by atoms with E-state index in [1.54, 1.807) is 6.42 Å². The standard InChI is InChI=1S/C12H23N/c1-4-8(2)12(13-3)11-6-9-5-10(9)7-11/h8-13H,4-7H2,1-3H3. The van der Waals surface area contributed by atoms with Gasteiger partial charge in [-0.05, 0) is 50.0 Å². The van der Waals surface area contributed by atoms with Crippen LogP contribution in [-0.2, 0) is 0 Å². The van der Waals surface area contributed by atoms with Crippen LogP contribution in [0.4, 0.5) is 0 Å². The lowest BCUT2D eigenvalue weighted by molar-refractivity contribution is 0.265. The second-order valence-corrected chi connectivity index (χ2v) is 5.19. The average molecular weight is 181 g/mol. The van der Waals surface area contributed by atoms with E-state index in [-0.39, 0.29) is 0 Å². The van der Waals surface area contributed by atoms with E-state index in [2.05, 4.69) is 26.2 Å². The highest BCUT2D eigenvalue weighted by atomic mass is 14.9. The van der Waals surface area contributed by atoms with E-state index >= 15 is 0 Å². The highest BCUT2D eigenvalue weighted by molar-refractivity contribution is 4.99. The third-order valence-corrected chi connectivity index (χ3v) is 4.38. The predicted octanol–water partition coefficient (Wildman–Crippen LogP) is 2.67. The molecule has 0 spiro atoms. The summed E-state index contributed by atoms with van der Waals surface area (Å²) in [4.78, 5) is 0. The Hall–Kier alpha value is -0.0400. The Bertz CT molecular complexity index is 168. The van der Waals surface area contributed by atoms with Crippen molar-refractivity contribution in [3.05, 3.63) is 0 Å². The third kappa shape index (κ3) is 1.76. The van der Waals surface area contributed by atoms with Crippen molar-refractivity contribution in [2.75, 3.05) is 7.05 Å². The molecule has 0 heterocycles. The summed E-state index contributed by atoms with van der Waals surface area (Å²) in [5.74, 6) is 4.10. The van der Waals surface area contributed by atoms with E-state index in [9.17, 15) is 0 Å². The molecule has 0 aromatic rings. The van der Waals surface area contributed by atoms with Crippen LogP contribution in [0, 0.1) is 23.7 Å². The molecule has 0 aromatic carbocycles. The fraction of sp³-hybridized carbons (Fsp3) is 1.00. The van der Waals surface area contributed by atoms with Gasteiger partial charge >= 0.3 is 0 Å². The van der Waals surface area contributed by atoms with Gasteiger partial charge in [0.2, 0.25) is 0 Å². The average Bonchev–Trinajstić information content (AvgIpc) is 2.75. The smallest absolute Gasteiger partial charge is 0.0118 e. The fourth-order valence-electron chi connectivity index (χ4n) is 3.29. The van der Waals surface area contributed by atoms with Gasteiger partial charge < -0.3 is 5.32 Å². The van der Waals surface area contributed by atoms with Crippen LogP contribution in [0.25, 0.3) is 0 Å². The maximum atomic E-state index is 3.54. The molecular formula is C12H23N. The molecule has 2 aliphatic carbocycles. The van der Waals surface area contributed by atoms with E-state index in [1.165, 1.54) is 19.3 Å². The first kappa shape index (κ1) is 9.51. The molecule has 0 amide bonds. The summed E-state index contributed by atoms with van der Waals surface area (Å²) >= 11 is 0. The van der Waals surface area contributed by atoms with Gasteiger partial charge in [0.25, 0.3) is 0 Å². The Balaban J connectivity index is 1.88. The molecule has 4 unspecified atom stereocenters. The van der Waals surface area contributed by atoms with Crippen molar-refractivity contribution in [3.8, 4) is 0 Å². The Labute approximate surface area is 82.3 Å². The molecule has 1 N–H and O–H groups in total. The van der Waals surface area contributed by atoms with Gasteiger partial charge in [-0.2, -0.15) is 0 Å². The summed E-state index contributed by atoms with van der Waals surface area (Å²) in [5.41, 5.74) is 0. The number of fused-ring (bicyclic) bond motifs is 1. The van der Waals surface area contributed by atoms with Crippen molar-refractivity contribution in [2.24, 2.45) is 23.7 Å². The van der Waals surface area contributed by atoms with E-state index in [0.717, 1.165) is 29.7 Å². The van der Waals surface area contributed by atoms with Crippen molar-refractivity contribution < 1.29 is 0 Å². The van der Waals surface area contributed by atoms with E-state index in [4.69, 9.17) is 0 Å². The van der Waals surface area contributed by atoms with Gasteiger partial charge in [0.05, 0.1) is 0 Å². The molecule has 4 atom stereocenters. The van der Waals surface area contributed by atoms with Crippen LogP contribution in [0.5, 0.6) is 0 Å². The molecule has 2 aliphatic rings. The number of hydrogen-bond acceptors (Lipinski definition) is 1. The molecule has 1 nitrogen and oxygen atoms in total. The normalized spacial score (nSPS) is 41.3. The van der Waals surface area contributed by atoms with Gasteiger partial charge in [0.15, 0.2) is 0 Å². The zero-order valence-electron chi connectivity index (χ0n) is 9.22. The Morgan fingerprint density at radius 3 is 2.31 bits per heavy atom. The van der Waals surface area contributed by atoms with E-state index < -0.39 is 0 Å². The molecular weight excluding hydrogens is 158 g/mol. The zero-order valence-corrected chi connectivity index (χ0v) is 9.22. The van der Waals surface area contributed by atoms with Crippen LogP contribution in [-0.4, -0.2) is 13.1 Å². The Morgan fingerprint density at radius 1 is 1.23 bits per heavy atom. The lowest BCUT2D eigenvalue weighted by Crippen LogP contribution is -2.38. The van der Waals surface area contributed by atoms with Gasteiger partial charge in [-0.25, -0.2) is 0 Å². The van der Waals surface area contributed by atoms with Crippen LogP contribution in [0.15, 0.2) is 0 Å². The van der Waals surface area contributed by atoms with E-state index in [0.29, 0.717) is 0 Å². The maximum Gasteiger partial charge on any atom is 0.0118 e. The predicted molar refractivity (Wildman–Crippen MR) is 56.6 cm³/mol. The highest BCUT2D eigenvalue weighted by Crippen LogP contribution is 2.55.